The fourth-order valence-electron chi connectivity index (χ4n) is 3.74. The number of halogens is 1. The van der Waals surface area contributed by atoms with Crippen molar-refractivity contribution in [2.45, 2.75) is 30.7 Å². The number of amides is 1. The largest absolute Gasteiger partial charge is 0.350 e. The summed E-state index contributed by atoms with van der Waals surface area (Å²) >= 11 is 6.44. The van der Waals surface area contributed by atoms with E-state index in [2.05, 4.69) is 10.2 Å². The van der Waals surface area contributed by atoms with Gasteiger partial charge in [0, 0.05) is 31.2 Å². The number of benzene rings is 2. The second-order valence-corrected chi connectivity index (χ2v) is 10.3. The van der Waals surface area contributed by atoms with E-state index in [9.17, 15) is 13.2 Å². The Labute approximate surface area is 183 Å². The molecule has 30 heavy (non-hydrogen) atoms. The number of hydrogen-bond donors (Lipinski definition) is 1. The molecule has 1 amide bonds. The van der Waals surface area contributed by atoms with E-state index in [1.807, 2.05) is 24.3 Å². The Morgan fingerprint density at radius 2 is 1.83 bits per heavy atom. The number of rotatable bonds is 7. The summed E-state index contributed by atoms with van der Waals surface area (Å²) in [7, 11) is -0.672. The average Bonchev–Trinajstić information content (AvgIpc) is 3.24. The first-order chi connectivity index (χ1) is 14.2. The van der Waals surface area contributed by atoms with Crippen molar-refractivity contribution in [1.82, 2.24) is 14.5 Å². The first kappa shape index (κ1) is 22.7. The van der Waals surface area contributed by atoms with Crippen molar-refractivity contribution in [2.75, 3.05) is 33.7 Å². The summed E-state index contributed by atoms with van der Waals surface area (Å²) in [5.41, 5.74) is 2.07. The summed E-state index contributed by atoms with van der Waals surface area (Å²) in [5, 5.41) is 3.68. The Balaban J connectivity index is 1.83. The smallest absolute Gasteiger partial charge is 0.251 e. The predicted molar refractivity (Wildman–Crippen MR) is 119 cm³/mol. The molecule has 1 atom stereocenters. The lowest BCUT2D eigenvalue weighted by Crippen LogP contribution is -2.37. The molecule has 1 heterocycles. The van der Waals surface area contributed by atoms with Crippen LogP contribution in [0.15, 0.2) is 47.4 Å². The zero-order chi connectivity index (χ0) is 21.9. The molecule has 0 radical (unpaired) electrons. The van der Waals surface area contributed by atoms with Crippen LogP contribution >= 0.6 is 11.6 Å². The Kier molecular flexibility index (Phi) is 7.18. The van der Waals surface area contributed by atoms with E-state index in [1.54, 1.807) is 13.0 Å². The number of hydrogen-bond acceptors (Lipinski definition) is 4. The molecule has 0 spiro atoms. The molecule has 6 nitrogen and oxygen atoms in total. The standard InChI is InChI=1S/C22H28ClN3O3S/c1-16-10-11-17(30(28,29)25(2)3)14-19(16)22(27)24-15-21(26-12-6-7-13-26)18-8-4-5-9-20(18)23/h4-5,8-11,14,21H,6-7,12-13,15H2,1-3H3,(H,24,27). The van der Waals surface area contributed by atoms with Crippen molar-refractivity contribution in [3.63, 3.8) is 0 Å². The SMILES string of the molecule is Cc1ccc(S(=O)(=O)N(C)C)cc1C(=O)NCC(c1ccccc1Cl)N1CCCC1. The summed E-state index contributed by atoms with van der Waals surface area (Å²) in [6, 6.07) is 12.3. The predicted octanol–water partition coefficient (Wildman–Crippen LogP) is 3.47. The molecule has 1 saturated heterocycles. The molecule has 2 aromatic rings. The van der Waals surface area contributed by atoms with Crippen LogP contribution in [0.3, 0.4) is 0 Å². The van der Waals surface area contributed by atoms with E-state index >= 15 is 0 Å². The fraction of sp³-hybridized carbons (Fsp3) is 0.409. The molecule has 1 aliphatic rings. The van der Waals surface area contributed by atoms with Gasteiger partial charge in [-0.25, -0.2) is 12.7 Å². The minimum Gasteiger partial charge on any atom is -0.350 e. The van der Waals surface area contributed by atoms with Gasteiger partial charge in [-0.1, -0.05) is 35.9 Å². The van der Waals surface area contributed by atoms with Gasteiger partial charge in [-0.05, 0) is 62.2 Å². The van der Waals surface area contributed by atoms with E-state index in [0.717, 1.165) is 41.4 Å². The van der Waals surface area contributed by atoms with E-state index in [1.165, 1.54) is 26.2 Å². The highest BCUT2D eigenvalue weighted by Crippen LogP contribution is 2.30. The zero-order valence-electron chi connectivity index (χ0n) is 17.6. The molecule has 0 saturated carbocycles. The van der Waals surface area contributed by atoms with Crippen molar-refractivity contribution in [1.29, 1.82) is 0 Å². The molecule has 1 N–H and O–H groups in total. The van der Waals surface area contributed by atoms with Crippen molar-refractivity contribution < 1.29 is 13.2 Å². The van der Waals surface area contributed by atoms with Crippen molar-refractivity contribution in [3.05, 3.63) is 64.2 Å². The minimum absolute atomic E-state index is 0.0286. The number of carbonyl (C=O) groups excluding carboxylic acids is 1. The molecule has 2 aromatic carbocycles. The van der Waals surface area contributed by atoms with E-state index < -0.39 is 10.0 Å². The number of carbonyl (C=O) groups is 1. The second kappa shape index (κ2) is 9.47. The molecule has 162 valence electrons. The van der Waals surface area contributed by atoms with Gasteiger partial charge in [0.25, 0.3) is 5.91 Å². The lowest BCUT2D eigenvalue weighted by Gasteiger charge is -2.29. The molecular weight excluding hydrogens is 422 g/mol. The van der Waals surface area contributed by atoms with E-state index in [4.69, 9.17) is 11.6 Å². The van der Waals surface area contributed by atoms with Crippen molar-refractivity contribution in [3.8, 4) is 0 Å². The highest BCUT2D eigenvalue weighted by molar-refractivity contribution is 7.89. The van der Waals surface area contributed by atoms with Gasteiger partial charge in [-0.3, -0.25) is 9.69 Å². The summed E-state index contributed by atoms with van der Waals surface area (Å²) in [5.74, 6) is -0.292. The number of aryl methyl sites for hydroxylation is 1. The third kappa shape index (κ3) is 4.86. The lowest BCUT2D eigenvalue weighted by molar-refractivity contribution is 0.0937. The van der Waals surface area contributed by atoms with Crippen LogP contribution in [0.25, 0.3) is 0 Å². The maximum atomic E-state index is 13.0. The molecule has 1 unspecified atom stereocenters. The first-order valence-corrected chi connectivity index (χ1v) is 11.8. The second-order valence-electron chi connectivity index (χ2n) is 7.75. The Morgan fingerprint density at radius 3 is 2.47 bits per heavy atom. The van der Waals surface area contributed by atoms with Gasteiger partial charge < -0.3 is 5.32 Å². The van der Waals surface area contributed by atoms with Crippen molar-refractivity contribution >= 4 is 27.5 Å². The van der Waals surface area contributed by atoms with Gasteiger partial charge in [0.1, 0.15) is 0 Å². The molecule has 1 fully saturated rings. The Hall–Kier alpha value is -1.93. The van der Waals surface area contributed by atoms with Gasteiger partial charge in [-0.2, -0.15) is 0 Å². The molecule has 3 rings (SSSR count). The van der Waals surface area contributed by atoms with E-state index in [0.29, 0.717) is 17.1 Å². The molecule has 0 aliphatic carbocycles. The fourth-order valence-corrected chi connectivity index (χ4v) is 4.93. The normalized spacial score (nSPS) is 16.0. The van der Waals surface area contributed by atoms with Crippen LogP contribution in [0.4, 0.5) is 0 Å². The molecule has 1 aliphatic heterocycles. The Morgan fingerprint density at radius 1 is 1.17 bits per heavy atom. The van der Waals surface area contributed by atoms with Crippen LogP contribution in [0.2, 0.25) is 5.02 Å². The van der Waals surface area contributed by atoms with Gasteiger partial charge in [0.15, 0.2) is 0 Å². The summed E-state index contributed by atoms with van der Waals surface area (Å²) in [4.78, 5) is 15.4. The van der Waals surface area contributed by atoms with Crippen LogP contribution < -0.4 is 5.32 Å². The third-order valence-electron chi connectivity index (χ3n) is 5.53. The van der Waals surface area contributed by atoms with Crippen LogP contribution in [0, 0.1) is 6.92 Å². The maximum absolute atomic E-state index is 13.0. The van der Waals surface area contributed by atoms with Crippen molar-refractivity contribution in [2.24, 2.45) is 0 Å². The average molecular weight is 450 g/mol. The Bertz CT molecular complexity index is 1020. The topological polar surface area (TPSA) is 69.7 Å². The van der Waals surface area contributed by atoms with Crippen LogP contribution in [-0.2, 0) is 10.0 Å². The summed E-state index contributed by atoms with van der Waals surface area (Å²) < 4.78 is 26.0. The van der Waals surface area contributed by atoms with Gasteiger partial charge >= 0.3 is 0 Å². The van der Waals surface area contributed by atoms with Crippen LogP contribution in [0.1, 0.15) is 40.4 Å². The summed E-state index contributed by atoms with van der Waals surface area (Å²) in [6.07, 6.45) is 2.25. The summed E-state index contributed by atoms with van der Waals surface area (Å²) in [6.45, 7) is 4.11. The third-order valence-corrected chi connectivity index (χ3v) is 7.69. The number of likely N-dealkylation sites (tertiary alicyclic amines) is 1. The molecule has 0 bridgehead atoms. The van der Waals surface area contributed by atoms with E-state index in [-0.39, 0.29) is 16.8 Å². The highest BCUT2D eigenvalue weighted by atomic mass is 35.5. The monoisotopic (exact) mass is 449 g/mol. The minimum atomic E-state index is -3.61. The molecule has 0 aromatic heterocycles. The number of sulfonamides is 1. The quantitative estimate of drug-likeness (QED) is 0.702. The molecular formula is C22H28ClN3O3S. The molecule has 8 heteroatoms. The zero-order valence-corrected chi connectivity index (χ0v) is 19.1. The lowest BCUT2D eigenvalue weighted by atomic mass is 10.0. The first-order valence-electron chi connectivity index (χ1n) is 10.0. The van der Waals surface area contributed by atoms with Gasteiger partial charge in [0.2, 0.25) is 10.0 Å². The highest BCUT2D eigenvalue weighted by Gasteiger charge is 2.26. The van der Waals surface area contributed by atoms with Crippen LogP contribution in [-0.4, -0.2) is 57.3 Å². The van der Waals surface area contributed by atoms with Crippen LogP contribution in [0.5, 0.6) is 0 Å². The number of nitrogens with one attached hydrogen (secondary N) is 1. The maximum Gasteiger partial charge on any atom is 0.251 e. The van der Waals surface area contributed by atoms with Gasteiger partial charge in [-0.15, -0.1) is 0 Å². The van der Waals surface area contributed by atoms with Gasteiger partial charge in [0.05, 0.1) is 10.9 Å². The number of nitrogens with zero attached hydrogens (tertiary/aromatic N) is 2.